The number of benzene rings is 2. The van der Waals surface area contributed by atoms with Crippen molar-refractivity contribution in [1.82, 2.24) is 0 Å². The summed E-state index contributed by atoms with van der Waals surface area (Å²) in [5.74, 6) is -0.125. The summed E-state index contributed by atoms with van der Waals surface area (Å²) in [5.41, 5.74) is 2.73. The standard InChI is InChI=1S/C25H30O2/c1-3-5-7-13-19-23-18-14-9-11-17-12-10-16-20(22(17)18)25(23,27)21(24(19)26)15-8-6-4-2/h9-12,14,16,21,27H,3-8,13,15H2,1-2H3. The molecule has 0 bridgehead atoms. The van der Waals surface area contributed by atoms with Crippen LogP contribution in [0.25, 0.3) is 16.3 Å². The number of unbranched alkanes of at least 4 members (excludes halogenated alkanes) is 4. The fourth-order valence-electron chi connectivity index (χ4n) is 5.22. The van der Waals surface area contributed by atoms with E-state index in [0.717, 1.165) is 84.4 Å². The Morgan fingerprint density at radius 2 is 1.67 bits per heavy atom. The van der Waals surface area contributed by atoms with E-state index in [1.54, 1.807) is 0 Å². The summed E-state index contributed by atoms with van der Waals surface area (Å²) < 4.78 is 0. The molecule has 2 aliphatic rings. The summed E-state index contributed by atoms with van der Waals surface area (Å²) in [5, 5.41) is 14.4. The van der Waals surface area contributed by atoms with E-state index in [1.165, 1.54) is 0 Å². The van der Waals surface area contributed by atoms with Gasteiger partial charge in [-0.2, -0.15) is 0 Å². The summed E-state index contributed by atoms with van der Waals surface area (Å²) in [6, 6.07) is 12.4. The van der Waals surface area contributed by atoms with Gasteiger partial charge in [-0.15, -0.1) is 0 Å². The van der Waals surface area contributed by atoms with Gasteiger partial charge < -0.3 is 5.11 Å². The van der Waals surface area contributed by atoms with E-state index in [0.29, 0.717) is 0 Å². The average Bonchev–Trinajstić information content (AvgIpc) is 3.05. The second-order valence-corrected chi connectivity index (χ2v) is 8.20. The first kappa shape index (κ1) is 18.4. The van der Waals surface area contributed by atoms with E-state index in [9.17, 15) is 9.90 Å². The Bertz CT molecular complexity index is 902. The fourth-order valence-corrected chi connectivity index (χ4v) is 5.22. The molecule has 2 nitrogen and oxygen atoms in total. The molecule has 0 fully saturated rings. The molecule has 2 heteroatoms. The van der Waals surface area contributed by atoms with Crippen molar-refractivity contribution in [2.75, 3.05) is 0 Å². The molecule has 142 valence electrons. The lowest BCUT2D eigenvalue weighted by atomic mass is 9.79. The van der Waals surface area contributed by atoms with Gasteiger partial charge in [-0.05, 0) is 41.2 Å². The van der Waals surface area contributed by atoms with Crippen LogP contribution in [0.15, 0.2) is 42.0 Å². The molecule has 0 amide bonds. The van der Waals surface area contributed by atoms with Crippen LogP contribution in [0.1, 0.15) is 76.3 Å². The number of fused-ring (bicyclic) bond motifs is 3. The maximum atomic E-state index is 13.4. The van der Waals surface area contributed by atoms with Crippen LogP contribution in [-0.2, 0) is 10.4 Å². The molecular formula is C25H30O2. The number of Topliss-reactive ketones (excluding diaryl/α,β-unsaturated/α-hetero) is 1. The van der Waals surface area contributed by atoms with Crippen molar-refractivity contribution in [1.29, 1.82) is 0 Å². The smallest absolute Gasteiger partial charge is 0.165 e. The average molecular weight is 363 g/mol. The zero-order valence-electron chi connectivity index (χ0n) is 16.6. The maximum absolute atomic E-state index is 13.4. The van der Waals surface area contributed by atoms with E-state index in [-0.39, 0.29) is 11.7 Å². The molecule has 2 atom stereocenters. The molecule has 0 heterocycles. The van der Waals surface area contributed by atoms with Crippen molar-refractivity contribution >= 4 is 22.1 Å². The minimum atomic E-state index is -1.13. The molecule has 2 unspecified atom stereocenters. The molecule has 27 heavy (non-hydrogen) atoms. The predicted molar refractivity (Wildman–Crippen MR) is 112 cm³/mol. The molecule has 0 spiro atoms. The largest absolute Gasteiger partial charge is 0.380 e. The summed E-state index contributed by atoms with van der Waals surface area (Å²) in [7, 11) is 0. The van der Waals surface area contributed by atoms with E-state index >= 15 is 0 Å². The highest BCUT2D eigenvalue weighted by atomic mass is 16.3. The Morgan fingerprint density at radius 1 is 0.963 bits per heavy atom. The number of carbonyl (C=O) groups excluding carboxylic acids is 1. The van der Waals surface area contributed by atoms with Gasteiger partial charge in [0.25, 0.3) is 0 Å². The van der Waals surface area contributed by atoms with Crippen LogP contribution < -0.4 is 0 Å². The van der Waals surface area contributed by atoms with Crippen LogP contribution in [0.2, 0.25) is 0 Å². The number of rotatable bonds is 8. The lowest BCUT2D eigenvalue weighted by Crippen LogP contribution is -2.33. The third kappa shape index (κ3) is 2.69. The van der Waals surface area contributed by atoms with Crippen molar-refractivity contribution in [2.24, 2.45) is 5.92 Å². The first-order valence-corrected chi connectivity index (χ1v) is 10.7. The minimum absolute atomic E-state index is 0.200. The van der Waals surface area contributed by atoms with Gasteiger partial charge >= 0.3 is 0 Å². The lowest BCUT2D eigenvalue weighted by molar-refractivity contribution is -0.123. The van der Waals surface area contributed by atoms with Crippen LogP contribution >= 0.6 is 0 Å². The SMILES string of the molecule is CCCCCC1=C2c3cccc4cccc(c34)C2(O)C(CCCCC)C1=O. The Hall–Kier alpha value is -1.93. The second-order valence-electron chi connectivity index (χ2n) is 8.20. The van der Waals surface area contributed by atoms with E-state index in [1.807, 2.05) is 12.1 Å². The molecule has 0 aromatic heterocycles. The highest BCUT2D eigenvalue weighted by Gasteiger charge is 2.57. The molecule has 2 aromatic rings. The Balaban J connectivity index is 1.86. The summed E-state index contributed by atoms with van der Waals surface area (Å²) in [4.78, 5) is 13.4. The Labute approximate surface area is 162 Å². The molecule has 4 rings (SSSR count). The molecule has 0 saturated carbocycles. The molecule has 0 aliphatic heterocycles. The van der Waals surface area contributed by atoms with Gasteiger partial charge in [0, 0.05) is 11.1 Å². The van der Waals surface area contributed by atoms with Gasteiger partial charge in [0.05, 0.1) is 5.92 Å². The van der Waals surface area contributed by atoms with Crippen LogP contribution in [0.5, 0.6) is 0 Å². The summed E-state index contributed by atoms with van der Waals surface area (Å²) in [6.07, 6.45) is 8.07. The number of hydrogen-bond donors (Lipinski definition) is 1. The van der Waals surface area contributed by atoms with Crippen molar-refractivity contribution in [3.05, 3.63) is 53.1 Å². The number of carbonyl (C=O) groups is 1. The van der Waals surface area contributed by atoms with Gasteiger partial charge in [0.15, 0.2) is 5.78 Å². The number of allylic oxidation sites excluding steroid dienone is 1. The molecule has 2 aliphatic carbocycles. The first-order valence-electron chi connectivity index (χ1n) is 10.7. The zero-order valence-corrected chi connectivity index (χ0v) is 16.6. The van der Waals surface area contributed by atoms with Crippen molar-refractivity contribution in [2.45, 2.75) is 70.8 Å². The quantitative estimate of drug-likeness (QED) is 0.572. The minimum Gasteiger partial charge on any atom is -0.380 e. The van der Waals surface area contributed by atoms with Gasteiger partial charge in [0.1, 0.15) is 5.60 Å². The highest BCUT2D eigenvalue weighted by Crippen LogP contribution is 2.59. The van der Waals surface area contributed by atoms with Gasteiger partial charge in [0.2, 0.25) is 0 Å². The van der Waals surface area contributed by atoms with Crippen molar-refractivity contribution in [3.8, 4) is 0 Å². The molecular weight excluding hydrogens is 332 g/mol. The number of aliphatic hydroxyl groups is 1. The van der Waals surface area contributed by atoms with Crippen LogP contribution in [0, 0.1) is 5.92 Å². The lowest BCUT2D eigenvalue weighted by Gasteiger charge is -2.29. The monoisotopic (exact) mass is 362 g/mol. The summed E-state index contributed by atoms with van der Waals surface area (Å²) in [6.45, 7) is 4.36. The van der Waals surface area contributed by atoms with Crippen molar-refractivity contribution < 1.29 is 9.90 Å². The number of hydrogen-bond acceptors (Lipinski definition) is 2. The highest BCUT2D eigenvalue weighted by molar-refractivity contribution is 6.18. The molecule has 0 saturated heterocycles. The van der Waals surface area contributed by atoms with Crippen LogP contribution in [0.4, 0.5) is 0 Å². The van der Waals surface area contributed by atoms with Crippen LogP contribution in [0.3, 0.4) is 0 Å². The van der Waals surface area contributed by atoms with E-state index in [2.05, 4.69) is 38.1 Å². The third-order valence-corrected chi connectivity index (χ3v) is 6.51. The van der Waals surface area contributed by atoms with Crippen molar-refractivity contribution in [3.63, 3.8) is 0 Å². The topological polar surface area (TPSA) is 37.3 Å². The predicted octanol–water partition coefficient (Wildman–Crippen LogP) is 6.15. The van der Waals surface area contributed by atoms with Gasteiger partial charge in [-0.1, -0.05) is 82.3 Å². The summed E-state index contributed by atoms with van der Waals surface area (Å²) >= 11 is 0. The fraction of sp³-hybridized carbons (Fsp3) is 0.480. The zero-order chi connectivity index (χ0) is 19.0. The second kappa shape index (κ2) is 7.24. The molecule has 1 N–H and O–H groups in total. The van der Waals surface area contributed by atoms with Crippen LogP contribution in [-0.4, -0.2) is 10.9 Å². The van der Waals surface area contributed by atoms with Gasteiger partial charge in [-0.3, -0.25) is 4.79 Å². The Morgan fingerprint density at radius 3 is 2.41 bits per heavy atom. The maximum Gasteiger partial charge on any atom is 0.165 e. The normalized spacial score (nSPS) is 23.5. The molecule has 0 radical (unpaired) electrons. The number of ketones is 1. The van der Waals surface area contributed by atoms with Gasteiger partial charge in [-0.25, -0.2) is 0 Å². The Kier molecular flexibility index (Phi) is 4.94. The van der Waals surface area contributed by atoms with E-state index in [4.69, 9.17) is 0 Å². The first-order chi connectivity index (χ1) is 13.1. The third-order valence-electron chi connectivity index (χ3n) is 6.51. The van der Waals surface area contributed by atoms with E-state index < -0.39 is 5.60 Å². The molecule has 2 aromatic carbocycles.